The number of aryl methyl sites for hydroxylation is 2. The minimum atomic E-state index is -3.68. The fraction of sp³-hybridized carbons (Fsp3) is 0.182. The van der Waals surface area contributed by atoms with Crippen molar-refractivity contribution in [1.29, 1.82) is 0 Å². The monoisotopic (exact) mass is 269 g/mol. The second-order valence-electron chi connectivity index (χ2n) is 3.91. The number of benzene rings is 1. The number of hydrogen-bond acceptors (Lipinski definition) is 3. The van der Waals surface area contributed by atoms with Crippen LogP contribution in [0.3, 0.4) is 0 Å². The lowest BCUT2D eigenvalue weighted by Crippen LogP contribution is -2.13. The lowest BCUT2D eigenvalue weighted by molar-refractivity contribution is 0.600. The number of rotatable bonds is 3. The molecule has 1 aromatic heterocycles. The van der Waals surface area contributed by atoms with Gasteiger partial charge in [0.25, 0.3) is 10.0 Å². The van der Waals surface area contributed by atoms with Gasteiger partial charge in [-0.25, -0.2) is 12.8 Å². The maximum absolute atomic E-state index is 12.9. The van der Waals surface area contributed by atoms with Gasteiger partial charge in [0.15, 0.2) is 0 Å². The van der Waals surface area contributed by atoms with Crippen LogP contribution in [0.2, 0.25) is 0 Å². The number of sulfonamides is 1. The molecule has 0 saturated heterocycles. The molecular weight excluding hydrogens is 257 g/mol. The van der Waals surface area contributed by atoms with E-state index < -0.39 is 15.8 Å². The summed E-state index contributed by atoms with van der Waals surface area (Å²) in [6.45, 7) is 1.63. The van der Waals surface area contributed by atoms with E-state index in [1.165, 1.54) is 35.3 Å². The first-order chi connectivity index (χ1) is 8.38. The number of nitrogens with zero attached hydrogens (tertiary/aromatic N) is 2. The lowest BCUT2D eigenvalue weighted by Gasteiger charge is -2.08. The second-order valence-corrected chi connectivity index (χ2v) is 5.60. The number of halogens is 1. The average Bonchev–Trinajstić information content (AvgIpc) is 2.70. The van der Waals surface area contributed by atoms with Crippen LogP contribution in [0.1, 0.15) is 5.56 Å². The summed E-state index contributed by atoms with van der Waals surface area (Å²) < 4.78 is 40.7. The number of hydrogen-bond donors (Lipinski definition) is 1. The third-order valence-corrected chi connectivity index (χ3v) is 3.74. The van der Waals surface area contributed by atoms with Crippen molar-refractivity contribution < 1.29 is 12.8 Å². The van der Waals surface area contributed by atoms with E-state index in [1.807, 2.05) is 0 Å². The van der Waals surface area contributed by atoms with E-state index in [4.69, 9.17) is 0 Å². The van der Waals surface area contributed by atoms with Crippen molar-refractivity contribution in [2.75, 3.05) is 4.72 Å². The Hall–Kier alpha value is -1.89. The van der Waals surface area contributed by atoms with E-state index >= 15 is 0 Å². The van der Waals surface area contributed by atoms with Crippen molar-refractivity contribution >= 4 is 15.7 Å². The maximum Gasteiger partial charge on any atom is 0.265 e. The molecule has 1 N–H and O–H groups in total. The summed E-state index contributed by atoms with van der Waals surface area (Å²) in [6, 6.07) is 3.85. The van der Waals surface area contributed by atoms with E-state index in [1.54, 1.807) is 14.0 Å². The number of aromatic nitrogens is 2. The molecule has 7 heteroatoms. The molecule has 0 unspecified atom stereocenters. The molecule has 96 valence electrons. The number of nitrogens with one attached hydrogen (secondary N) is 1. The first-order valence-electron chi connectivity index (χ1n) is 5.16. The van der Waals surface area contributed by atoms with Gasteiger partial charge in [0.05, 0.1) is 11.9 Å². The van der Waals surface area contributed by atoms with Gasteiger partial charge in [-0.1, -0.05) is 0 Å². The standard InChI is InChI=1S/C11H12FN3O2S/c1-8-5-9(12)3-4-11(8)14-18(16,17)10-6-13-15(2)7-10/h3-7,14H,1-2H3. The Labute approximate surface area is 104 Å². The fourth-order valence-corrected chi connectivity index (χ4v) is 2.60. The molecule has 0 radical (unpaired) electrons. The summed E-state index contributed by atoms with van der Waals surface area (Å²) in [6.07, 6.45) is 2.64. The van der Waals surface area contributed by atoms with Gasteiger partial charge >= 0.3 is 0 Å². The SMILES string of the molecule is Cc1cc(F)ccc1NS(=O)(=O)c1cnn(C)c1. The van der Waals surface area contributed by atoms with Crippen LogP contribution < -0.4 is 4.72 Å². The fourth-order valence-electron chi connectivity index (χ4n) is 1.48. The highest BCUT2D eigenvalue weighted by Gasteiger charge is 2.17. The normalized spacial score (nSPS) is 11.5. The molecule has 0 aliphatic heterocycles. The third kappa shape index (κ3) is 2.51. The van der Waals surface area contributed by atoms with Crippen molar-refractivity contribution in [3.05, 3.63) is 42.0 Å². The molecule has 2 aromatic rings. The molecule has 0 aliphatic rings. The van der Waals surface area contributed by atoms with Gasteiger partial charge in [0.2, 0.25) is 0 Å². The van der Waals surface area contributed by atoms with Crippen LogP contribution in [-0.2, 0) is 17.1 Å². The summed E-state index contributed by atoms with van der Waals surface area (Å²) in [5.41, 5.74) is 0.864. The van der Waals surface area contributed by atoms with Crippen molar-refractivity contribution in [3.8, 4) is 0 Å². The van der Waals surface area contributed by atoms with Crippen LogP contribution in [0, 0.1) is 12.7 Å². The minimum Gasteiger partial charge on any atom is -0.279 e. The van der Waals surface area contributed by atoms with Crippen molar-refractivity contribution in [2.24, 2.45) is 7.05 Å². The molecule has 1 heterocycles. The predicted octanol–water partition coefficient (Wildman–Crippen LogP) is 1.67. The summed E-state index contributed by atoms with van der Waals surface area (Å²) in [7, 11) is -2.06. The Morgan fingerprint density at radius 3 is 2.67 bits per heavy atom. The molecule has 2 rings (SSSR count). The Kier molecular flexibility index (Phi) is 3.08. The van der Waals surface area contributed by atoms with Gasteiger partial charge < -0.3 is 0 Å². The van der Waals surface area contributed by atoms with E-state index in [0.717, 1.165) is 0 Å². The van der Waals surface area contributed by atoms with Crippen LogP contribution in [0.4, 0.5) is 10.1 Å². The molecule has 18 heavy (non-hydrogen) atoms. The van der Waals surface area contributed by atoms with Gasteiger partial charge in [-0.05, 0) is 30.7 Å². The van der Waals surface area contributed by atoms with E-state index in [9.17, 15) is 12.8 Å². The zero-order valence-corrected chi connectivity index (χ0v) is 10.7. The van der Waals surface area contributed by atoms with E-state index in [-0.39, 0.29) is 4.90 Å². The molecule has 0 fully saturated rings. The average molecular weight is 269 g/mol. The largest absolute Gasteiger partial charge is 0.279 e. The molecule has 0 amide bonds. The summed E-state index contributed by atoms with van der Waals surface area (Å²) in [5, 5.41) is 3.80. The van der Waals surface area contributed by atoms with Crippen LogP contribution in [-0.4, -0.2) is 18.2 Å². The summed E-state index contributed by atoms with van der Waals surface area (Å²) in [4.78, 5) is 0.0636. The lowest BCUT2D eigenvalue weighted by atomic mass is 10.2. The highest BCUT2D eigenvalue weighted by atomic mass is 32.2. The van der Waals surface area contributed by atoms with Crippen LogP contribution >= 0.6 is 0 Å². The number of anilines is 1. The topological polar surface area (TPSA) is 64.0 Å². The molecule has 0 bridgehead atoms. The molecule has 0 saturated carbocycles. The smallest absolute Gasteiger partial charge is 0.265 e. The Bertz CT molecular complexity index is 679. The van der Waals surface area contributed by atoms with Crippen LogP contribution in [0.5, 0.6) is 0 Å². The van der Waals surface area contributed by atoms with Crippen LogP contribution in [0.25, 0.3) is 0 Å². The van der Waals surface area contributed by atoms with Crippen LogP contribution in [0.15, 0.2) is 35.5 Å². The van der Waals surface area contributed by atoms with E-state index in [2.05, 4.69) is 9.82 Å². The molecule has 1 aromatic carbocycles. The second kappa shape index (κ2) is 4.41. The van der Waals surface area contributed by atoms with Gasteiger partial charge in [-0.3, -0.25) is 9.40 Å². The Morgan fingerprint density at radius 1 is 1.39 bits per heavy atom. The quantitative estimate of drug-likeness (QED) is 0.921. The van der Waals surface area contributed by atoms with E-state index in [0.29, 0.717) is 11.3 Å². The molecule has 0 aliphatic carbocycles. The first kappa shape index (κ1) is 12.6. The zero-order valence-electron chi connectivity index (χ0n) is 9.88. The summed E-state index contributed by atoms with van der Waals surface area (Å²) >= 11 is 0. The van der Waals surface area contributed by atoms with Gasteiger partial charge in [-0.2, -0.15) is 5.10 Å². The molecule has 0 atom stereocenters. The highest BCUT2D eigenvalue weighted by Crippen LogP contribution is 2.19. The predicted molar refractivity (Wildman–Crippen MR) is 65.2 cm³/mol. The van der Waals surface area contributed by atoms with Crippen molar-refractivity contribution in [3.63, 3.8) is 0 Å². The van der Waals surface area contributed by atoms with Gasteiger partial charge in [0.1, 0.15) is 10.7 Å². The van der Waals surface area contributed by atoms with Gasteiger partial charge in [0, 0.05) is 13.2 Å². The third-order valence-electron chi connectivity index (χ3n) is 2.42. The van der Waals surface area contributed by atoms with Crippen molar-refractivity contribution in [2.45, 2.75) is 11.8 Å². The summed E-state index contributed by atoms with van der Waals surface area (Å²) in [5.74, 6) is -0.406. The first-order valence-corrected chi connectivity index (χ1v) is 6.64. The van der Waals surface area contributed by atoms with Gasteiger partial charge in [-0.15, -0.1) is 0 Å². The minimum absolute atomic E-state index is 0.0636. The Balaban J connectivity index is 2.33. The zero-order chi connectivity index (χ0) is 13.3. The molecule has 0 spiro atoms. The maximum atomic E-state index is 12.9. The molecular formula is C11H12FN3O2S. The molecule has 5 nitrogen and oxygen atoms in total. The Morgan fingerprint density at radius 2 is 2.11 bits per heavy atom. The van der Waals surface area contributed by atoms with Crippen molar-refractivity contribution in [1.82, 2.24) is 9.78 Å². The highest BCUT2D eigenvalue weighted by molar-refractivity contribution is 7.92.